The summed E-state index contributed by atoms with van der Waals surface area (Å²) in [5, 5.41) is 25.1. The Bertz CT molecular complexity index is 703. The summed E-state index contributed by atoms with van der Waals surface area (Å²) in [6, 6.07) is 8.57. The van der Waals surface area contributed by atoms with Gasteiger partial charge in [0, 0.05) is 19.0 Å². The molecule has 0 saturated carbocycles. The Morgan fingerprint density at radius 3 is 2.78 bits per heavy atom. The summed E-state index contributed by atoms with van der Waals surface area (Å²) in [5.74, 6) is -0.230. The Morgan fingerprint density at radius 1 is 1.39 bits per heavy atom. The minimum atomic E-state index is -0.423. The normalized spacial score (nSPS) is 10.9. The average Bonchev–Trinajstić information content (AvgIpc) is 3.10. The maximum absolute atomic E-state index is 11.7. The number of benzene rings is 1. The molecule has 2 rings (SSSR count). The molecule has 2 aromatic rings. The fraction of sp³-hybridized carbons (Fsp3) is 0.214. The molecule has 0 saturated heterocycles. The second-order valence-electron chi connectivity index (χ2n) is 4.26. The number of carbonyl (C=O) groups is 1. The molecule has 0 amide bonds. The lowest BCUT2D eigenvalue weighted by atomic mass is 10.2. The largest absolute Gasteiger partial charge is 0.460 e. The number of carbonyl (C=O) groups excluding carboxylic acids is 1. The number of ether oxygens (including phenoxy) is 2. The van der Waals surface area contributed by atoms with Gasteiger partial charge in [-0.05, 0) is 29.5 Å². The van der Waals surface area contributed by atoms with Gasteiger partial charge in [-0.2, -0.15) is 10.5 Å². The summed E-state index contributed by atoms with van der Waals surface area (Å²) in [6.45, 7) is 0.553. The molecule has 0 aliphatic carbocycles. The zero-order valence-corrected chi connectivity index (χ0v) is 12.3. The van der Waals surface area contributed by atoms with E-state index in [1.807, 2.05) is 6.07 Å². The number of aromatic amines is 1. The van der Waals surface area contributed by atoms with Crippen molar-refractivity contribution >= 4 is 17.2 Å². The number of nitrogens with one attached hydrogen (secondary N) is 2. The molecule has 2 N–H and O–H groups in total. The van der Waals surface area contributed by atoms with Crippen molar-refractivity contribution in [2.75, 3.05) is 25.6 Å². The number of H-pyrrole nitrogens is 1. The Labute approximate surface area is 131 Å². The predicted octanol–water partition coefficient (Wildman–Crippen LogP) is 0.979. The van der Waals surface area contributed by atoms with Crippen LogP contribution in [-0.2, 0) is 9.47 Å². The van der Waals surface area contributed by atoms with Gasteiger partial charge in [0.2, 0.25) is 5.82 Å². The highest BCUT2D eigenvalue weighted by molar-refractivity contribution is 5.89. The van der Waals surface area contributed by atoms with E-state index in [9.17, 15) is 4.79 Å². The SMILES string of the molecule is COCCOC(=O)c1ccc(NC=C(C#N)c2nn[nH]n2)cc1. The molecule has 118 valence electrons. The topological polar surface area (TPSA) is 126 Å². The Morgan fingerprint density at radius 2 is 2.17 bits per heavy atom. The predicted molar refractivity (Wildman–Crippen MR) is 80.0 cm³/mol. The number of hydrogen-bond acceptors (Lipinski definition) is 8. The van der Waals surface area contributed by atoms with Crippen LogP contribution >= 0.6 is 0 Å². The van der Waals surface area contributed by atoms with E-state index in [2.05, 4.69) is 25.9 Å². The van der Waals surface area contributed by atoms with E-state index in [4.69, 9.17) is 14.7 Å². The van der Waals surface area contributed by atoms with Crippen LogP contribution in [0.1, 0.15) is 16.2 Å². The first-order chi connectivity index (χ1) is 11.2. The summed E-state index contributed by atoms with van der Waals surface area (Å²) in [4.78, 5) is 11.7. The molecular weight excluding hydrogens is 300 g/mol. The molecule has 9 heteroatoms. The zero-order chi connectivity index (χ0) is 16.5. The highest BCUT2D eigenvalue weighted by Gasteiger charge is 2.07. The number of tetrazole rings is 1. The third-order valence-corrected chi connectivity index (χ3v) is 2.73. The van der Waals surface area contributed by atoms with Gasteiger partial charge in [-0.1, -0.05) is 0 Å². The van der Waals surface area contributed by atoms with Gasteiger partial charge in [-0.3, -0.25) is 0 Å². The molecule has 0 aliphatic rings. The highest BCUT2D eigenvalue weighted by atomic mass is 16.6. The molecule has 0 fully saturated rings. The van der Waals surface area contributed by atoms with E-state index < -0.39 is 5.97 Å². The fourth-order valence-corrected chi connectivity index (χ4v) is 1.58. The summed E-state index contributed by atoms with van der Waals surface area (Å²) >= 11 is 0. The van der Waals surface area contributed by atoms with E-state index in [1.165, 1.54) is 13.3 Å². The molecule has 0 aliphatic heterocycles. The molecule has 1 heterocycles. The van der Waals surface area contributed by atoms with E-state index >= 15 is 0 Å². The number of nitrogens with zero attached hydrogens (tertiary/aromatic N) is 4. The maximum atomic E-state index is 11.7. The standard InChI is InChI=1S/C14H14N6O3/c1-22-6-7-23-14(21)10-2-4-12(5-3-10)16-9-11(8-15)13-17-19-20-18-13/h2-5,9,16H,6-7H2,1H3,(H,17,18,19,20). The average molecular weight is 314 g/mol. The molecule has 23 heavy (non-hydrogen) atoms. The minimum absolute atomic E-state index is 0.193. The summed E-state index contributed by atoms with van der Waals surface area (Å²) in [5.41, 5.74) is 1.34. The minimum Gasteiger partial charge on any atom is -0.460 e. The molecule has 1 aromatic carbocycles. The van der Waals surface area contributed by atoms with Gasteiger partial charge in [0.1, 0.15) is 18.2 Å². The monoisotopic (exact) mass is 314 g/mol. The Balaban J connectivity index is 1.97. The van der Waals surface area contributed by atoms with Gasteiger partial charge in [-0.15, -0.1) is 10.2 Å². The number of esters is 1. The molecule has 0 atom stereocenters. The number of anilines is 1. The first-order valence-electron chi connectivity index (χ1n) is 6.61. The second kappa shape index (κ2) is 8.26. The number of allylic oxidation sites excluding steroid dienone is 1. The lowest BCUT2D eigenvalue weighted by molar-refractivity contribution is 0.0388. The number of rotatable bonds is 7. The van der Waals surface area contributed by atoms with Crippen LogP contribution in [0.2, 0.25) is 0 Å². The van der Waals surface area contributed by atoms with Crippen molar-refractivity contribution in [3.05, 3.63) is 41.9 Å². The molecule has 0 radical (unpaired) electrons. The van der Waals surface area contributed by atoms with Crippen molar-refractivity contribution in [3.8, 4) is 6.07 Å². The van der Waals surface area contributed by atoms with Crippen molar-refractivity contribution in [1.29, 1.82) is 5.26 Å². The van der Waals surface area contributed by atoms with Crippen molar-refractivity contribution in [2.24, 2.45) is 0 Å². The van der Waals surface area contributed by atoms with E-state index in [0.717, 1.165) is 0 Å². The Kier molecular flexibility index (Phi) is 5.79. The van der Waals surface area contributed by atoms with E-state index in [1.54, 1.807) is 24.3 Å². The van der Waals surface area contributed by atoms with Crippen LogP contribution in [0.5, 0.6) is 0 Å². The third-order valence-electron chi connectivity index (χ3n) is 2.73. The molecule has 0 unspecified atom stereocenters. The fourth-order valence-electron chi connectivity index (χ4n) is 1.58. The van der Waals surface area contributed by atoms with E-state index in [-0.39, 0.29) is 18.0 Å². The van der Waals surface area contributed by atoms with Crippen molar-refractivity contribution in [2.45, 2.75) is 0 Å². The van der Waals surface area contributed by atoms with Crippen molar-refractivity contribution < 1.29 is 14.3 Å². The van der Waals surface area contributed by atoms with E-state index in [0.29, 0.717) is 17.9 Å². The molecular formula is C14H14N6O3. The molecule has 0 bridgehead atoms. The van der Waals surface area contributed by atoms with Gasteiger partial charge in [-0.25, -0.2) is 4.79 Å². The van der Waals surface area contributed by atoms with Gasteiger partial charge in [0.25, 0.3) is 0 Å². The van der Waals surface area contributed by atoms with Crippen LogP contribution in [0.15, 0.2) is 30.5 Å². The number of methoxy groups -OCH3 is 1. The van der Waals surface area contributed by atoms with Crippen molar-refractivity contribution in [1.82, 2.24) is 20.6 Å². The lowest BCUT2D eigenvalue weighted by Gasteiger charge is -2.05. The van der Waals surface area contributed by atoms with Crippen LogP contribution in [-0.4, -0.2) is 46.9 Å². The van der Waals surface area contributed by atoms with Gasteiger partial charge < -0.3 is 14.8 Å². The highest BCUT2D eigenvalue weighted by Crippen LogP contribution is 2.13. The number of hydrogen-bond donors (Lipinski definition) is 2. The Hall–Kier alpha value is -3.25. The van der Waals surface area contributed by atoms with Crippen LogP contribution in [0.4, 0.5) is 5.69 Å². The third kappa shape index (κ3) is 4.62. The first kappa shape index (κ1) is 16.1. The second-order valence-corrected chi connectivity index (χ2v) is 4.26. The molecule has 9 nitrogen and oxygen atoms in total. The summed E-state index contributed by atoms with van der Waals surface area (Å²) < 4.78 is 9.81. The quantitative estimate of drug-likeness (QED) is 0.440. The summed E-state index contributed by atoms with van der Waals surface area (Å²) in [6.07, 6.45) is 1.46. The van der Waals surface area contributed by atoms with Crippen molar-refractivity contribution in [3.63, 3.8) is 0 Å². The van der Waals surface area contributed by atoms with Crippen LogP contribution < -0.4 is 5.32 Å². The van der Waals surface area contributed by atoms with Gasteiger partial charge in [0.15, 0.2) is 0 Å². The van der Waals surface area contributed by atoms with Crippen LogP contribution in [0, 0.1) is 11.3 Å². The number of aromatic nitrogens is 4. The van der Waals surface area contributed by atoms with Crippen LogP contribution in [0.3, 0.4) is 0 Å². The lowest BCUT2D eigenvalue weighted by Crippen LogP contribution is -2.09. The van der Waals surface area contributed by atoms with Crippen LogP contribution in [0.25, 0.3) is 5.57 Å². The summed E-state index contributed by atoms with van der Waals surface area (Å²) in [7, 11) is 1.53. The number of nitriles is 1. The van der Waals surface area contributed by atoms with Gasteiger partial charge >= 0.3 is 5.97 Å². The first-order valence-corrected chi connectivity index (χ1v) is 6.61. The molecule has 1 aromatic heterocycles. The smallest absolute Gasteiger partial charge is 0.338 e. The molecule has 0 spiro atoms. The zero-order valence-electron chi connectivity index (χ0n) is 12.3. The maximum Gasteiger partial charge on any atom is 0.338 e. The van der Waals surface area contributed by atoms with Gasteiger partial charge in [0.05, 0.1) is 12.2 Å².